The molecule has 0 aliphatic heterocycles. The van der Waals surface area contributed by atoms with Crippen molar-refractivity contribution in [1.29, 1.82) is 0 Å². The molecule has 110 valence electrons. The highest BCUT2D eigenvalue weighted by Crippen LogP contribution is 2.13. The predicted octanol–water partition coefficient (Wildman–Crippen LogP) is 2.08. The van der Waals surface area contributed by atoms with Gasteiger partial charge in [0.25, 0.3) is 0 Å². The number of aliphatic carboxylic acids is 1. The quantitative estimate of drug-likeness (QED) is 0.788. The van der Waals surface area contributed by atoms with Crippen molar-refractivity contribution in [3.63, 3.8) is 0 Å². The van der Waals surface area contributed by atoms with Crippen molar-refractivity contribution in [3.8, 4) is 0 Å². The predicted molar refractivity (Wildman–Crippen MR) is 79.0 cm³/mol. The first-order valence-corrected chi connectivity index (χ1v) is 7.11. The number of rotatable bonds is 5. The Bertz CT molecular complexity index is 627. The Balaban J connectivity index is 1.94. The number of hydrogen-bond donors (Lipinski definition) is 3. The molecule has 0 saturated heterocycles. The molecule has 0 fully saturated rings. The Morgan fingerprint density at radius 2 is 2.05 bits per heavy atom. The lowest BCUT2D eigenvalue weighted by Crippen LogP contribution is -2.40. The van der Waals surface area contributed by atoms with Gasteiger partial charge in [0.05, 0.1) is 6.54 Å². The zero-order valence-electron chi connectivity index (χ0n) is 11.4. The van der Waals surface area contributed by atoms with Crippen LogP contribution in [0.5, 0.6) is 0 Å². The number of carboxylic acid groups (broad SMARTS) is 1. The van der Waals surface area contributed by atoms with E-state index in [-0.39, 0.29) is 6.54 Å². The molecule has 2 aromatic rings. The van der Waals surface area contributed by atoms with E-state index < -0.39 is 18.0 Å². The Hall–Kier alpha value is -2.41. The fourth-order valence-electron chi connectivity index (χ4n) is 1.75. The molecule has 7 heteroatoms. The second-order valence-corrected chi connectivity index (χ2v) is 5.69. The summed E-state index contributed by atoms with van der Waals surface area (Å²) in [6.07, 6.45) is 1.73. The summed E-state index contributed by atoms with van der Waals surface area (Å²) in [6, 6.07) is 6.93. The minimum absolute atomic E-state index is 0.269. The summed E-state index contributed by atoms with van der Waals surface area (Å²) in [5.41, 5.74) is 0.519. The standard InChI is InChI=1S/C14H15N3O3S/c1-9-7-15-11(21-9)8-16-14(20)17-12(13(18)19)10-5-3-2-4-6-10/h2-7,12H,8H2,1H3,(H,18,19)(H2,16,17,20)/t12-/m1/s1. The fraction of sp³-hybridized carbons (Fsp3) is 0.214. The third-order valence-corrected chi connectivity index (χ3v) is 3.64. The topological polar surface area (TPSA) is 91.3 Å². The first-order valence-electron chi connectivity index (χ1n) is 6.29. The largest absolute Gasteiger partial charge is 0.479 e. The van der Waals surface area contributed by atoms with Crippen LogP contribution in [0.3, 0.4) is 0 Å². The average Bonchev–Trinajstić information content (AvgIpc) is 2.89. The Kier molecular flexibility index (Phi) is 4.89. The molecule has 1 aromatic carbocycles. The second-order valence-electron chi connectivity index (χ2n) is 4.37. The number of carboxylic acids is 1. The summed E-state index contributed by atoms with van der Waals surface area (Å²) in [5.74, 6) is -1.11. The highest BCUT2D eigenvalue weighted by Gasteiger charge is 2.21. The Morgan fingerprint density at radius 3 is 2.62 bits per heavy atom. The average molecular weight is 305 g/mol. The van der Waals surface area contributed by atoms with E-state index in [1.807, 2.05) is 6.92 Å². The van der Waals surface area contributed by atoms with Gasteiger partial charge in [-0.15, -0.1) is 11.3 Å². The van der Waals surface area contributed by atoms with Crippen molar-refractivity contribution in [1.82, 2.24) is 15.6 Å². The molecular formula is C14H15N3O3S. The maximum atomic E-state index is 11.8. The molecule has 0 radical (unpaired) electrons. The monoisotopic (exact) mass is 305 g/mol. The number of benzene rings is 1. The first kappa shape index (κ1) is 15.0. The van der Waals surface area contributed by atoms with Crippen LogP contribution in [-0.4, -0.2) is 22.1 Å². The minimum Gasteiger partial charge on any atom is -0.479 e. The summed E-state index contributed by atoms with van der Waals surface area (Å²) < 4.78 is 0. The molecule has 1 aromatic heterocycles. The fourth-order valence-corrected chi connectivity index (χ4v) is 2.48. The van der Waals surface area contributed by atoms with E-state index >= 15 is 0 Å². The summed E-state index contributed by atoms with van der Waals surface area (Å²) in [5, 5.41) is 15.0. The van der Waals surface area contributed by atoms with E-state index in [2.05, 4.69) is 15.6 Å². The molecule has 3 N–H and O–H groups in total. The molecule has 6 nitrogen and oxygen atoms in total. The summed E-state index contributed by atoms with van der Waals surface area (Å²) in [6.45, 7) is 2.20. The SMILES string of the molecule is Cc1cnc(CNC(=O)N[C@@H](C(=O)O)c2ccccc2)s1. The van der Waals surface area contributed by atoms with E-state index in [9.17, 15) is 14.7 Å². The van der Waals surface area contributed by atoms with E-state index in [0.29, 0.717) is 5.56 Å². The van der Waals surface area contributed by atoms with Gasteiger partial charge < -0.3 is 15.7 Å². The summed E-state index contributed by atoms with van der Waals surface area (Å²) in [7, 11) is 0. The molecule has 21 heavy (non-hydrogen) atoms. The number of nitrogens with zero attached hydrogens (tertiary/aromatic N) is 1. The number of aryl methyl sites for hydroxylation is 1. The van der Waals surface area contributed by atoms with Crippen molar-refractivity contribution < 1.29 is 14.7 Å². The van der Waals surface area contributed by atoms with Crippen LogP contribution in [-0.2, 0) is 11.3 Å². The van der Waals surface area contributed by atoms with E-state index in [1.165, 1.54) is 11.3 Å². The van der Waals surface area contributed by atoms with Gasteiger partial charge in [-0.3, -0.25) is 0 Å². The molecule has 1 heterocycles. The van der Waals surface area contributed by atoms with E-state index in [4.69, 9.17) is 0 Å². The van der Waals surface area contributed by atoms with Crippen LogP contribution in [0.25, 0.3) is 0 Å². The molecule has 2 rings (SSSR count). The summed E-state index contributed by atoms with van der Waals surface area (Å²) >= 11 is 1.48. The molecule has 2 amide bonds. The highest BCUT2D eigenvalue weighted by atomic mass is 32.1. The van der Waals surface area contributed by atoms with Crippen LogP contribution >= 0.6 is 11.3 Å². The lowest BCUT2D eigenvalue weighted by molar-refractivity contribution is -0.139. The molecule has 0 spiro atoms. The minimum atomic E-state index is -1.11. The van der Waals surface area contributed by atoms with Gasteiger partial charge in [-0.25, -0.2) is 14.6 Å². The van der Waals surface area contributed by atoms with Crippen molar-refractivity contribution in [2.75, 3.05) is 0 Å². The Labute approximate surface area is 125 Å². The van der Waals surface area contributed by atoms with Crippen molar-refractivity contribution >= 4 is 23.3 Å². The zero-order valence-corrected chi connectivity index (χ0v) is 12.2. The molecule has 0 bridgehead atoms. The second kappa shape index (κ2) is 6.85. The lowest BCUT2D eigenvalue weighted by Gasteiger charge is -2.15. The van der Waals surface area contributed by atoms with Gasteiger partial charge in [0.1, 0.15) is 5.01 Å². The highest BCUT2D eigenvalue weighted by molar-refractivity contribution is 7.11. The number of amides is 2. The van der Waals surface area contributed by atoms with E-state index in [0.717, 1.165) is 9.88 Å². The number of thiazole rings is 1. The third kappa shape index (κ3) is 4.28. The number of carbonyl (C=O) groups excluding carboxylic acids is 1. The molecule has 0 aliphatic carbocycles. The number of urea groups is 1. The number of nitrogens with one attached hydrogen (secondary N) is 2. The van der Waals surface area contributed by atoms with Gasteiger partial charge in [0.2, 0.25) is 0 Å². The van der Waals surface area contributed by atoms with Crippen LogP contribution < -0.4 is 10.6 Å². The maximum Gasteiger partial charge on any atom is 0.330 e. The van der Waals surface area contributed by atoms with Gasteiger partial charge >= 0.3 is 12.0 Å². The van der Waals surface area contributed by atoms with Gasteiger partial charge in [-0.1, -0.05) is 30.3 Å². The lowest BCUT2D eigenvalue weighted by atomic mass is 10.1. The summed E-state index contributed by atoms with van der Waals surface area (Å²) in [4.78, 5) is 28.2. The van der Waals surface area contributed by atoms with Crippen molar-refractivity contribution in [2.45, 2.75) is 19.5 Å². The van der Waals surface area contributed by atoms with Crippen molar-refractivity contribution in [2.24, 2.45) is 0 Å². The van der Waals surface area contributed by atoms with Gasteiger partial charge in [-0.2, -0.15) is 0 Å². The normalized spacial score (nSPS) is 11.7. The first-order chi connectivity index (χ1) is 10.1. The number of carbonyl (C=O) groups is 2. The zero-order chi connectivity index (χ0) is 15.2. The molecule has 0 aliphatic rings. The van der Waals surface area contributed by atoms with Crippen LogP contribution in [0.1, 0.15) is 21.5 Å². The van der Waals surface area contributed by atoms with Gasteiger partial charge in [0.15, 0.2) is 6.04 Å². The smallest absolute Gasteiger partial charge is 0.330 e. The van der Waals surface area contributed by atoms with Crippen LogP contribution in [0.2, 0.25) is 0 Å². The number of hydrogen-bond acceptors (Lipinski definition) is 4. The van der Waals surface area contributed by atoms with Crippen LogP contribution in [0, 0.1) is 6.92 Å². The maximum absolute atomic E-state index is 11.8. The van der Waals surface area contributed by atoms with E-state index in [1.54, 1.807) is 36.5 Å². The molecule has 0 unspecified atom stereocenters. The molecule has 1 atom stereocenters. The number of aromatic nitrogens is 1. The van der Waals surface area contributed by atoms with Gasteiger partial charge in [-0.05, 0) is 12.5 Å². The van der Waals surface area contributed by atoms with Crippen LogP contribution in [0.4, 0.5) is 4.79 Å². The molecular weight excluding hydrogens is 290 g/mol. The van der Waals surface area contributed by atoms with Crippen molar-refractivity contribution in [3.05, 3.63) is 52.0 Å². The van der Waals surface area contributed by atoms with Gasteiger partial charge in [0, 0.05) is 11.1 Å². The Morgan fingerprint density at radius 1 is 1.33 bits per heavy atom. The van der Waals surface area contributed by atoms with Crippen LogP contribution in [0.15, 0.2) is 36.5 Å². The molecule has 0 saturated carbocycles. The third-order valence-electron chi connectivity index (χ3n) is 2.72.